The van der Waals surface area contributed by atoms with Crippen molar-refractivity contribution in [2.75, 3.05) is 17.2 Å². The van der Waals surface area contributed by atoms with Gasteiger partial charge in [0.05, 0.1) is 11.4 Å². The minimum Gasteiger partial charge on any atom is -0.477 e. The highest BCUT2D eigenvalue weighted by atomic mass is 32.1. The minimum atomic E-state index is -0.841. The van der Waals surface area contributed by atoms with Crippen molar-refractivity contribution >= 4 is 28.7 Å². The fraction of sp³-hybridized carbons (Fsp3) is 0.500. The van der Waals surface area contributed by atoms with Crippen molar-refractivity contribution < 1.29 is 9.90 Å². The Morgan fingerprint density at radius 2 is 2.33 bits per heavy atom. The molecule has 1 fully saturated rings. The summed E-state index contributed by atoms with van der Waals surface area (Å²) in [5.41, 5.74) is 1.73. The first-order valence-electron chi connectivity index (χ1n) is 5.11. The summed E-state index contributed by atoms with van der Waals surface area (Å²) in [7, 11) is 0. The molecule has 1 saturated carbocycles. The van der Waals surface area contributed by atoms with Gasteiger partial charge in [-0.2, -0.15) is 0 Å². The first-order valence-corrected chi connectivity index (χ1v) is 5.99. The molecule has 1 aliphatic carbocycles. The molecule has 0 radical (unpaired) electrons. The van der Waals surface area contributed by atoms with Gasteiger partial charge in [0.1, 0.15) is 4.88 Å². The van der Waals surface area contributed by atoms with E-state index in [1.807, 2.05) is 5.38 Å². The first-order chi connectivity index (χ1) is 7.25. The van der Waals surface area contributed by atoms with Crippen molar-refractivity contribution in [3.63, 3.8) is 0 Å². The number of fused-ring (bicyclic) bond motifs is 1. The van der Waals surface area contributed by atoms with Crippen LogP contribution in [0.3, 0.4) is 0 Å². The van der Waals surface area contributed by atoms with Crippen LogP contribution in [0.4, 0.5) is 11.4 Å². The molecule has 1 atom stereocenters. The van der Waals surface area contributed by atoms with Crippen molar-refractivity contribution in [3.8, 4) is 0 Å². The van der Waals surface area contributed by atoms with Gasteiger partial charge in [0.2, 0.25) is 0 Å². The zero-order chi connectivity index (χ0) is 10.4. The van der Waals surface area contributed by atoms with Crippen molar-refractivity contribution in [3.05, 3.63) is 10.3 Å². The molecule has 0 bridgehead atoms. The smallest absolute Gasteiger partial charge is 0.348 e. The molecule has 1 aromatic heterocycles. The van der Waals surface area contributed by atoms with E-state index < -0.39 is 5.97 Å². The minimum absolute atomic E-state index is 0.408. The Morgan fingerprint density at radius 1 is 1.53 bits per heavy atom. The Kier molecular flexibility index (Phi) is 1.88. The Morgan fingerprint density at radius 3 is 3.00 bits per heavy atom. The fourth-order valence-corrected chi connectivity index (χ4v) is 2.85. The summed E-state index contributed by atoms with van der Waals surface area (Å²) in [6, 6.07) is 0.408. The topological polar surface area (TPSA) is 61.4 Å². The number of carboxylic acid groups (broad SMARTS) is 1. The van der Waals surface area contributed by atoms with Crippen molar-refractivity contribution in [2.45, 2.75) is 18.9 Å². The van der Waals surface area contributed by atoms with Gasteiger partial charge in [-0.15, -0.1) is 11.3 Å². The number of anilines is 2. The molecule has 2 heterocycles. The van der Waals surface area contributed by atoms with Gasteiger partial charge in [0.25, 0.3) is 0 Å². The van der Waals surface area contributed by atoms with Gasteiger partial charge in [0, 0.05) is 18.0 Å². The molecule has 80 valence electrons. The molecular weight excluding hydrogens is 212 g/mol. The SMILES string of the molecule is O=C(O)c1scc2c1NC(C1CC1)CN2. The second-order valence-electron chi connectivity index (χ2n) is 4.13. The molecule has 3 N–H and O–H groups in total. The molecule has 4 nitrogen and oxygen atoms in total. The number of carboxylic acids is 1. The third-order valence-electron chi connectivity index (χ3n) is 3.02. The van der Waals surface area contributed by atoms with E-state index in [1.54, 1.807) is 0 Å². The summed E-state index contributed by atoms with van der Waals surface area (Å²) in [6.45, 7) is 0.910. The van der Waals surface area contributed by atoms with Crippen molar-refractivity contribution in [1.29, 1.82) is 0 Å². The molecule has 0 amide bonds. The summed E-state index contributed by atoms with van der Waals surface area (Å²) in [4.78, 5) is 11.4. The molecule has 2 aliphatic rings. The Bertz CT molecular complexity index is 412. The lowest BCUT2D eigenvalue weighted by Crippen LogP contribution is -2.34. The molecule has 1 aromatic rings. The van der Waals surface area contributed by atoms with Crippen LogP contribution in [0.1, 0.15) is 22.5 Å². The van der Waals surface area contributed by atoms with Crippen LogP contribution < -0.4 is 10.6 Å². The Labute approximate surface area is 91.3 Å². The lowest BCUT2D eigenvalue weighted by atomic mass is 10.1. The van der Waals surface area contributed by atoms with E-state index in [2.05, 4.69) is 10.6 Å². The monoisotopic (exact) mass is 224 g/mol. The predicted octanol–water partition coefficient (Wildman–Crippen LogP) is 2.06. The van der Waals surface area contributed by atoms with Crippen LogP contribution in [0.5, 0.6) is 0 Å². The number of thiophene rings is 1. The average Bonchev–Trinajstić information content (AvgIpc) is 2.97. The van der Waals surface area contributed by atoms with E-state index in [9.17, 15) is 4.79 Å². The zero-order valence-corrected chi connectivity index (χ0v) is 8.93. The lowest BCUT2D eigenvalue weighted by Gasteiger charge is -2.26. The molecule has 1 aliphatic heterocycles. The summed E-state index contributed by atoms with van der Waals surface area (Å²) < 4.78 is 0. The maximum atomic E-state index is 11.0. The van der Waals surface area contributed by atoms with Crippen LogP contribution in [0.15, 0.2) is 5.38 Å². The Hall–Kier alpha value is -1.23. The highest BCUT2D eigenvalue weighted by molar-refractivity contribution is 7.13. The van der Waals surface area contributed by atoms with Gasteiger partial charge in [0.15, 0.2) is 0 Å². The maximum absolute atomic E-state index is 11.0. The van der Waals surface area contributed by atoms with E-state index in [0.717, 1.165) is 23.8 Å². The zero-order valence-electron chi connectivity index (χ0n) is 8.12. The second kappa shape index (κ2) is 3.13. The number of nitrogens with one attached hydrogen (secondary N) is 2. The molecule has 3 rings (SSSR count). The van der Waals surface area contributed by atoms with E-state index in [4.69, 9.17) is 5.11 Å². The van der Waals surface area contributed by atoms with Crippen molar-refractivity contribution in [2.24, 2.45) is 5.92 Å². The molecule has 5 heteroatoms. The van der Waals surface area contributed by atoms with E-state index in [1.165, 1.54) is 24.2 Å². The predicted molar refractivity (Wildman–Crippen MR) is 59.9 cm³/mol. The standard InChI is InChI=1S/C10H12N2O2S/c13-10(14)9-8-7(4-15-9)11-3-6(12-8)5-1-2-5/h4-6,11-12H,1-3H2,(H,13,14). The van der Waals surface area contributed by atoms with Gasteiger partial charge in [-0.25, -0.2) is 4.79 Å². The third kappa shape index (κ3) is 1.47. The number of carbonyl (C=O) groups is 1. The second-order valence-corrected chi connectivity index (χ2v) is 5.01. The van der Waals surface area contributed by atoms with Gasteiger partial charge >= 0.3 is 5.97 Å². The third-order valence-corrected chi connectivity index (χ3v) is 3.99. The van der Waals surface area contributed by atoms with Crippen LogP contribution in [0, 0.1) is 5.92 Å². The number of aromatic carboxylic acids is 1. The van der Waals surface area contributed by atoms with Gasteiger partial charge < -0.3 is 15.7 Å². The van der Waals surface area contributed by atoms with Gasteiger partial charge in [-0.3, -0.25) is 0 Å². The summed E-state index contributed by atoms with van der Waals surface area (Å²) in [6.07, 6.45) is 2.53. The number of rotatable bonds is 2. The molecule has 15 heavy (non-hydrogen) atoms. The van der Waals surface area contributed by atoms with Crippen LogP contribution >= 0.6 is 11.3 Å². The summed E-state index contributed by atoms with van der Waals surface area (Å²) in [5.74, 6) is -0.112. The maximum Gasteiger partial charge on any atom is 0.348 e. The van der Waals surface area contributed by atoms with Crippen LogP contribution in [0.2, 0.25) is 0 Å². The highest BCUT2D eigenvalue weighted by Gasteiger charge is 2.35. The van der Waals surface area contributed by atoms with Crippen LogP contribution in [-0.2, 0) is 0 Å². The first kappa shape index (κ1) is 9.03. The van der Waals surface area contributed by atoms with E-state index >= 15 is 0 Å². The van der Waals surface area contributed by atoms with E-state index in [-0.39, 0.29) is 0 Å². The molecule has 1 unspecified atom stereocenters. The number of hydrogen-bond donors (Lipinski definition) is 3. The lowest BCUT2D eigenvalue weighted by molar-refractivity contribution is 0.0703. The summed E-state index contributed by atoms with van der Waals surface area (Å²) >= 11 is 1.28. The number of hydrogen-bond acceptors (Lipinski definition) is 4. The van der Waals surface area contributed by atoms with E-state index in [0.29, 0.717) is 10.9 Å². The quantitative estimate of drug-likeness (QED) is 0.719. The molecule has 0 saturated heterocycles. The normalized spacial score (nSPS) is 23.9. The van der Waals surface area contributed by atoms with Crippen molar-refractivity contribution in [1.82, 2.24) is 0 Å². The Balaban J connectivity index is 1.91. The highest BCUT2D eigenvalue weighted by Crippen LogP contribution is 2.41. The molecule has 0 spiro atoms. The average molecular weight is 224 g/mol. The van der Waals surface area contributed by atoms with Gasteiger partial charge in [-0.05, 0) is 18.8 Å². The van der Waals surface area contributed by atoms with Crippen LogP contribution in [-0.4, -0.2) is 23.7 Å². The van der Waals surface area contributed by atoms with Crippen LogP contribution in [0.25, 0.3) is 0 Å². The fourth-order valence-electron chi connectivity index (χ4n) is 2.03. The largest absolute Gasteiger partial charge is 0.477 e. The summed E-state index contributed by atoms with van der Waals surface area (Å²) in [5, 5.41) is 17.5. The molecule has 0 aromatic carbocycles. The van der Waals surface area contributed by atoms with Gasteiger partial charge in [-0.1, -0.05) is 0 Å². The molecular formula is C10H12N2O2S.